The minimum absolute atomic E-state index is 0.207. The fourth-order valence-corrected chi connectivity index (χ4v) is 1.42. The summed E-state index contributed by atoms with van der Waals surface area (Å²) in [5.74, 6) is -1.28. The number of hydrogen-bond acceptors (Lipinski definition) is 3. The summed E-state index contributed by atoms with van der Waals surface area (Å²) in [5, 5.41) is 13.8. The van der Waals surface area contributed by atoms with Crippen LogP contribution in [0.4, 0.5) is 16.2 Å². The number of nitrogen functional groups attached to an aromatic ring is 1. The Morgan fingerprint density at radius 2 is 1.89 bits per heavy atom. The highest BCUT2D eigenvalue weighted by Crippen LogP contribution is 2.16. The van der Waals surface area contributed by atoms with Crippen LogP contribution in [0.2, 0.25) is 0 Å². The maximum Gasteiger partial charge on any atom is 0.326 e. The highest BCUT2D eigenvalue weighted by Gasteiger charge is 2.23. The van der Waals surface area contributed by atoms with E-state index in [1.807, 2.05) is 0 Å². The molecule has 0 aliphatic rings. The summed E-state index contributed by atoms with van der Waals surface area (Å²) in [7, 11) is 0. The third-order valence-corrected chi connectivity index (χ3v) is 2.43. The number of carbonyl (C=O) groups excluding carboxylic acids is 1. The van der Waals surface area contributed by atoms with Crippen molar-refractivity contribution in [1.82, 2.24) is 5.32 Å². The Morgan fingerprint density at radius 3 is 2.39 bits per heavy atom. The van der Waals surface area contributed by atoms with E-state index in [1.54, 1.807) is 38.1 Å². The van der Waals surface area contributed by atoms with E-state index < -0.39 is 18.0 Å². The number of carboxylic acids is 1. The fraction of sp³-hybridized carbons (Fsp3) is 0.333. The minimum Gasteiger partial charge on any atom is -0.480 e. The molecule has 0 radical (unpaired) electrons. The van der Waals surface area contributed by atoms with Gasteiger partial charge in [-0.2, -0.15) is 0 Å². The SMILES string of the molecule is CC(C)[C@@H](NC(=O)Nc1ccccc1N)C(=O)O. The molecule has 98 valence electrons. The number of nitrogens with one attached hydrogen (secondary N) is 2. The smallest absolute Gasteiger partial charge is 0.326 e. The third kappa shape index (κ3) is 3.65. The van der Waals surface area contributed by atoms with Gasteiger partial charge in [-0.05, 0) is 18.1 Å². The van der Waals surface area contributed by atoms with Crippen molar-refractivity contribution in [2.45, 2.75) is 19.9 Å². The lowest BCUT2D eigenvalue weighted by Crippen LogP contribution is -2.46. The Morgan fingerprint density at radius 1 is 1.28 bits per heavy atom. The fourth-order valence-electron chi connectivity index (χ4n) is 1.42. The Bertz CT molecular complexity index is 446. The largest absolute Gasteiger partial charge is 0.480 e. The minimum atomic E-state index is -1.07. The lowest BCUT2D eigenvalue weighted by molar-refractivity contribution is -0.140. The number of carbonyl (C=O) groups is 2. The zero-order valence-electron chi connectivity index (χ0n) is 10.3. The van der Waals surface area contributed by atoms with Crippen LogP contribution >= 0.6 is 0 Å². The molecule has 2 amide bonds. The van der Waals surface area contributed by atoms with Crippen LogP contribution in [0.3, 0.4) is 0 Å². The van der Waals surface area contributed by atoms with Gasteiger partial charge in [0, 0.05) is 0 Å². The van der Waals surface area contributed by atoms with Crippen LogP contribution in [0.5, 0.6) is 0 Å². The highest BCUT2D eigenvalue weighted by atomic mass is 16.4. The molecule has 6 nitrogen and oxygen atoms in total. The summed E-state index contributed by atoms with van der Waals surface area (Å²) >= 11 is 0. The number of aliphatic carboxylic acids is 1. The number of benzene rings is 1. The maximum atomic E-state index is 11.6. The molecule has 1 rings (SSSR count). The molecular formula is C12H17N3O3. The average molecular weight is 251 g/mol. The summed E-state index contributed by atoms with van der Waals surface area (Å²) in [5.41, 5.74) is 6.53. The molecule has 0 heterocycles. The molecule has 1 atom stereocenters. The van der Waals surface area contributed by atoms with E-state index in [0.29, 0.717) is 11.4 Å². The van der Waals surface area contributed by atoms with E-state index in [-0.39, 0.29) is 5.92 Å². The van der Waals surface area contributed by atoms with Crippen molar-refractivity contribution in [3.8, 4) is 0 Å². The van der Waals surface area contributed by atoms with Crippen molar-refractivity contribution in [1.29, 1.82) is 0 Å². The highest BCUT2D eigenvalue weighted by molar-refractivity contribution is 5.94. The monoisotopic (exact) mass is 251 g/mol. The van der Waals surface area contributed by atoms with Crippen molar-refractivity contribution in [2.75, 3.05) is 11.1 Å². The third-order valence-electron chi connectivity index (χ3n) is 2.43. The second kappa shape index (κ2) is 5.90. The first-order valence-corrected chi connectivity index (χ1v) is 5.56. The van der Waals surface area contributed by atoms with E-state index in [2.05, 4.69) is 10.6 Å². The maximum absolute atomic E-state index is 11.6. The number of amides is 2. The first-order valence-electron chi connectivity index (χ1n) is 5.56. The van der Waals surface area contributed by atoms with E-state index in [1.165, 1.54) is 0 Å². The van der Waals surface area contributed by atoms with E-state index >= 15 is 0 Å². The molecule has 0 unspecified atom stereocenters. The lowest BCUT2D eigenvalue weighted by atomic mass is 10.1. The molecule has 0 saturated heterocycles. The molecule has 5 N–H and O–H groups in total. The second-order valence-corrected chi connectivity index (χ2v) is 4.25. The number of carboxylic acid groups (broad SMARTS) is 1. The van der Waals surface area contributed by atoms with Crippen LogP contribution in [0, 0.1) is 5.92 Å². The van der Waals surface area contributed by atoms with Crippen molar-refractivity contribution in [3.63, 3.8) is 0 Å². The standard InChI is InChI=1S/C12H17N3O3/c1-7(2)10(11(16)17)15-12(18)14-9-6-4-3-5-8(9)13/h3-7,10H,13H2,1-2H3,(H,16,17)(H2,14,15,18)/t10-/m1/s1. The summed E-state index contributed by atoms with van der Waals surface area (Å²) in [4.78, 5) is 22.6. The van der Waals surface area contributed by atoms with Gasteiger partial charge in [-0.1, -0.05) is 26.0 Å². The average Bonchev–Trinajstić information content (AvgIpc) is 2.28. The number of para-hydroxylation sites is 2. The van der Waals surface area contributed by atoms with Gasteiger partial charge in [0.25, 0.3) is 0 Å². The summed E-state index contributed by atoms with van der Waals surface area (Å²) < 4.78 is 0. The Labute approximate surface area is 105 Å². The van der Waals surface area contributed by atoms with Gasteiger partial charge in [-0.25, -0.2) is 9.59 Å². The molecule has 0 aliphatic carbocycles. The number of hydrogen-bond donors (Lipinski definition) is 4. The molecule has 0 aliphatic heterocycles. The Balaban J connectivity index is 2.67. The van der Waals surface area contributed by atoms with Gasteiger partial charge >= 0.3 is 12.0 Å². The van der Waals surface area contributed by atoms with Crippen LogP contribution in [-0.2, 0) is 4.79 Å². The second-order valence-electron chi connectivity index (χ2n) is 4.25. The summed E-state index contributed by atoms with van der Waals surface area (Å²) in [6, 6.07) is 5.23. The summed E-state index contributed by atoms with van der Waals surface area (Å²) in [6.07, 6.45) is 0. The summed E-state index contributed by atoms with van der Waals surface area (Å²) in [6.45, 7) is 3.44. The molecule has 6 heteroatoms. The zero-order chi connectivity index (χ0) is 13.7. The van der Waals surface area contributed by atoms with Gasteiger partial charge in [-0.3, -0.25) is 0 Å². The molecule has 1 aromatic rings. The molecule has 0 saturated carbocycles. The number of anilines is 2. The quantitative estimate of drug-likeness (QED) is 0.608. The van der Waals surface area contributed by atoms with Crippen molar-refractivity contribution >= 4 is 23.4 Å². The van der Waals surface area contributed by atoms with Gasteiger partial charge in [0.15, 0.2) is 0 Å². The molecule has 0 aromatic heterocycles. The van der Waals surface area contributed by atoms with E-state index in [4.69, 9.17) is 10.8 Å². The van der Waals surface area contributed by atoms with Crippen molar-refractivity contribution in [3.05, 3.63) is 24.3 Å². The first-order chi connectivity index (χ1) is 8.41. The van der Waals surface area contributed by atoms with Gasteiger partial charge in [0.1, 0.15) is 6.04 Å². The van der Waals surface area contributed by atoms with Gasteiger partial charge in [0.05, 0.1) is 11.4 Å². The lowest BCUT2D eigenvalue weighted by Gasteiger charge is -2.18. The van der Waals surface area contributed by atoms with Crippen molar-refractivity contribution < 1.29 is 14.7 Å². The van der Waals surface area contributed by atoms with E-state index in [9.17, 15) is 9.59 Å². The zero-order valence-corrected chi connectivity index (χ0v) is 10.3. The van der Waals surface area contributed by atoms with Gasteiger partial charge < -0.3 is 21.5 Å². The van der Waals surface area contributed by atoms with Gasteiger partial charge in [-0.15, -0.1) is 0 Å². The van der Waals surface area contributed by atoms with Crippen LogP contribution in [0.25, 0.3) is 0 Å². The molecule has 0 fully saturated rings. The van der Waals surface area contributed by atoms with Crippen LogP contribution in [0.15, 0.2) is 24.3 Å². The Hall–Kier alpha value is -2.24. The normalized spacial score (nSPS) is 11.9. The first kappa shape index (κ1) is 13.8. The molecule has 0 spiro atoms. The van der Waals surface area contributed by atoms with Crippen LogP contribution in [-0.4, -0.2) is 23.1 Å². The molecule has 1 aromatic carbocycles. The van der Waals surface area contributed by atoms with Crippen LogP contribution in [0.1, 0.15) is 13.8 Å². The number of rotatable bonds is 4. The molecular weight excluding hydrogens is 234 g/mol. The topological polar surface area (TPSA) is 104 Å². The molecule has 0 bridgehead atoms. The van der Waals surface area contributed by atoms with Gasteiger partial charge in [0.2, 0.25) is 0 Å². The predicted octanol–water partition coefficient (Wildman–Crippen LogP) is 1.50. The van der Waals surface area contributed by atoms with E-state index in [0.717, 1.165) is 0 Å². The van der Waals surface area contributed by atoms with Crippen LogP contribution < -0.4 is 16.4 Å². The Kier molecular flexibility index (Phi) is 4.53. The molecule has 18 heavy (non-hydrogen) atoms. The number of urea groups is 1. The number of nitrogens with two attached hydrogens (primary N) is 1. The van der Waals surface area contributed by atoms with Crippen molar-refractivity contribution in [2.24, 2.45) is 5.92 Å². The predicted molar refractivity (Wildman–Crippen MR) is 69.3 cm³/mol.